The molecule has 6 nitrogen and oxygen atoms in total. The van der Waals surface area contributed by atoms with Crippen molar-refractivity contribution in [3.05, 3.63) is 41.8 Å². The number of hydrogen-bond acceptors (Lipinski definition) is 5. The standard InChI is InChI=1S/C15H16FN5OS/c16-9-1-3-10(4-2-9)19-15-11(14(18)22)7-21(20-15)13-5-6-23-8-12(13)17/h1-4,7,13,17H,5-6,8H2,(H2,18,22)(H,19,20)/t13-/m0/s1. The highest BCUT2D eigenvalue weighted by Crippen LogP contribution is 2.27. The van der Waals surface area contributed by atoms with Crippen LogP contribution < -0.4 is 11.1 Å². The molecule has 1 amide bonds. The van der Waals surface area contributed by atoms with Gasteiger partial charge in [0.25, 0.3) is 5.91 Å². The minimum atomic E-state index is -0.599. The lowest BCUT2D eigenvalue weighted by Crippen LogP contribution is -2.25. The zero-order valence-corrected chi connectivity index (χ0v) is 13.1. The van der Waals surface area contributed by atoms with Gasteiger partial charge in [0.2, 0.25) is 0 Å². The van der Waals surface area contributed by atoms with Crippen molar-refractivity contribution in [1.29, 1.82) is 5.41 Å². The summed E-state index contributed by atoms with van der Waals surface area (Å²) in [5.74, 6) is 0.980. The molecule has 1 fully saturated rings. The molecule has 2 aromatic rings. The van der Waals surface area contributed by atoms with Crippen LogP contribution in [0.3, 0.4) is 0 Å². The summed E-state index contributed by atoms with van der Waals surface area (Å²) in [5.41, 5.74) is 6.85. The third-order valence-electron chi connectivity index (χ3n) is 3.62. The topological polar surface area (TPSA) is 96.8 Å². The second-order valence-corrected chi connectivity index (χ2v) is 6.36. The van der Waals surface area contributed by atoms with Gasteiger partial charge in [-0.2, -0.15) is 16.9 Å². The largest absolute Gasteiger partial charge is 0.365 e. The Hall–Kier alpha value is -2.35. The third kappa shape index (κ3) is 3.37. The van der Waals surface area contributed by atoms with Gasteiger partial charge in [-0.25, -0.2) is 4.39 Å². The van der Waals surface area contributed by atoms with E-state index in [2.05, 4.69) is 10.4 Å². The molecule has 1 aliphatic heterocycles. The van der Waals surface area contributed by atoms with E-state index < -0.39 is 5.91 Å². The molecule has 8 heteroatoms. The number of primary amides is 1. The van der Waals surface area contributed by atoms with E-state index in [-0.39, 0.29) is 17.4 Å². The van der Waals surface area contributed by atoms with Gasteiger partial charge >= 0.3 is 0 Å². The molecule has 2 heterocycles. The maximum Gasteiger partial charge on any atom is 0.254 e. The van der Waals surface area contributed by atoms with Gasteiger partial charge in [-0.3, -0.25) is 9.48 Å². The van der Waals surface area contributed by atoms with E-state index in [1.54, 1.807) is 34.8 Å². The maximum atomic E-state index is 13.0. The summed E-state index contributed by atoms with van der Waals surface area (Å²) in [6, 6.07) is 5.59. The maximum absolute atomic E-state index is 13.0. The predicted molar refractivity (Wildman–Crippen MR) is 89.1 cm³/mol. The number of amides is 1. The molecule has 1 saturated heterocycles. The van der Waals surface area contributed by atoms with Crippen LogP contribution in [0.15, 0.2) is 30.5 Å². The Kier molecular flexibility index (Phi) is 4.33. The second-order valence-electron chi connectivity index (χ2n) is 5.25. The summed E-state index contributed by atoms with van der Waals surface area (Å²) < 4.78 is 14.6. The first kappa shape index (κ1) is 15.5. The number of nitrogens with two attached hydrogens (primary N) is 1. The van der Waals surface area contributed by atoms with E-state index in [4.69, 9.17) is 11.1 Å². The Morgan fingerprint density at radius 2 is 2.17 bits per heavy atom. The van der Waals surface area contributed by atoms with Crippen LogP contribution in [0.25, 0.3) is 0 Å². The highest BCUT2D eigenvalue weighted by molar-refractivity contribution is 8.00. The fourth-order valence-corrected chi connectivity index (χ4v) is 3.38. The highest BCUT2D eigenvalue weighted by Gasteiger charge is 2.24. The second kappa shape index (κ2) is 6.41. The monoisotopic (exact) mass is 333 g/mol. The van der Waals surface area contributed by atoms with Gasteiger partial charge in [-0.05, 0) is 36.4 Å². The summed E-state index contributed by atoms with van der Waals surface area (Å²) in [5, 5.41) is 15.4. The van der Waals surface area contributed by atoms with Gasteiger partial charge < -0.3 is 16.5 Å². The number of nitrogens with zero attached hydrogens (tertiary/aromatic N) is 2. The Labute approximate surface area is 136 Å². The van der Waals surface area contributed by atoms with E-state index in [9.17, 15) is 9.18 Å². The molecular formula is C15H16FN5OS. The third-order valence-corrected chi connectivity index (χ3v) is 4.66. The number of rotatable bonds is 4. The number of anilines is 2. The molecule has 4 N–H and O–H groups in total. The molecular weight excluding hydrogens is 317 g/mol. The summed E-state index contributed by atoms with van der Waals surface area (Å²) in [4.78, 5) is 11.7. The van der Waals surface area contributed by atoms with Crippen molar-refractivity contribution in [3.8, 4) is 0 Å². The zero-order valence-electron chi connectivity index (χ0n) is 12.3. The molecule has 23 heavy (non-hydrogen) atoms. The molecule has 0 bridgehead atoms. The molecule has 0 saturated carbocycles. The van der Waals surface area contributed by atoms with Crippen molar-refractivity contribution < 1.29 is 9.18 Å². The number of hydrogen-bond donors (Lipinski definition) is 3. The van der Waals surface area contributed by atoms with E-state index >= 15 is 0 Å². The molecule has 3 rings (SSSR count). The van der Waals surface area contributed by atoms with Crippen LogP contribution in [-0.4, -0.2) is 32.9 Å². The number of aromatic nitrogens is 2. The lowest BCUT2D eigenvalue weighted by molar-refractivity contribution is 0.100. The molecule has 0 aliphatic carbocycles. The summed E-state index contributed by atoms with van der Waals surface area (Å²) >= 11 is 1.71. The number of carbonyl (C=O) groups is 1. The minimum absolute atomic E-state index is 0.155. The molecule has 1 atom stereocenters. The van der Waals surface area contributed by atoms with Crippen molar-refractivity contribution >= 4 is 34.9 Å². The molecule has 1 aromatic heterocycles. The highest BCUT2D eigenvalue weighted by atomic mass is 32.2. The average Bonchev–Trinajstić information content (AvgIpc) is 2.94. The fraction of sp³-hybridized carbons (Fsp3) is 0.267. The van der Waals surface area contributed by atoms with Crippen molar-refractivity contribution in [3.63, 3.8) is 0 Å². The first-order valence-electron chi connectivity index (χ1n) is 7.11. The van der Waals surface area contributed by atoms with Crippen molar-refractivity contribution in [2.24, 2.45) is 5.73 Å². The normalized spacial score (nSPS) is 18.0. The lowest BCUT2D eigenvalue weighted by Gasteiger charge is -2.22. The van der Waals surface area contributed by atoms with Crippen LogP contribution in [0, 0.1) is 11.2 Å². The predicted octanol–water partition coefficient (Wildman–Crippen LogP) is 2.56. The van der Waals surface area contributed by atoms with Crippen LogP contribution in [0.1, 0.15) is 22.8 Å². The quantitative estimate of drug-likeness (QED) is 0.801. The number of nitrogens with one attached hydrogen (secondary N) is 2. The molecule has 120 valence electrons. The van der Waals surface area contributed by atoms with Gasteiger partial charge in [-0.15, -0.1) is 0 Å². The lowest BCUT2D eigenvalue weighted by atomic mass is 10.1. The van der Waals surface area contributed by atoms with Gasteiger partial charge in [-0.1, -0.05) is 0 Å². The van der Waals surface area contributed by atoms with Crippen molar-refractivity contribution in [2.45, 2.75) is 12.5 Å². The van der Waals surface area contributed by atoms with Gasteiger partial charge in [0.1, 0.15) is 11.4 Å². The van der Waals surface area contributed by atoms with Gasteiger partial charge in [0.15, 0.2) is 5.82 Å². The molecule has 0 spiro atoms. The van der Waals surface area contributed by atoms with Crippen LogP contribution >= 0.6 is 11.8 Å². The number of benzene rings is 1. The number of halogens is 1. The Bertz CT molecular complexity index is 743. The Morgan fingerprint density at radius 3 is 2.83 bits per heavy atom. The van der Waals surface area contributed by atoms with Crippen LogP contribution in [0.2, 0.25) is 0 Å². The SMILES string of the molecule is N=C1CSCC[C@@H]1n1cc(C(N)=O)c(Nc2ccc(F)cc2)n1. The zero-order chi connectivity index (χ0) is 16.4. The Balaban J connectivity index is 1.91. The first-order chi connectivity index (χ1) is 11.0. The van der Waals surface area contributed by atoms with Crippen LogP contribution in [0.5, 0.6) is 0 Å². The number of thioether (sulfide) groups is 1. The van der Waals surface area contributed by atoms with Crippen molar-refractivity contribution in [2.75, 3.05) is 16.8 Å². The molecule has 0 unspecified atom stereocenters. The van der Waals surface area contributed by atoms with Crippen molar-refractivity contribution in [1.82, 2.24) is 9.78 Å². The van der Waals surface area contributed by atoms with Gasteiger partial charge in [0, 0.05) is 23.3 Å². The Morgan fingerprint density at radius 1 is 1.43 bits per heavy atom. The van der Waals surface area contributed by atoms with Crippen LogP contribution in [-0.2, 0) is 0 Å². The molecule has 0 radical (unpaired) electrons. The van der Waals surface area contributed by atoms with Gasteiger partial charge in [0.05, 0.1) is 6.04 Å². The van der Waals surface area contributed by atoms with E-state index in [1.165, 1.54) is 12.1 Å². The van der Waals surface area contributed by atoms with E-state index in [0.29, 0.717) is 23.0 Å². The van der Waals surface area contributed by atoms with E-state index in [1.807, 2.05) is 0 Å². The van der Waals surface area contributed by atoms with Crippen LogP contribution in [0.4, 0.5) is 15.9 Å². The fourth-order valence-electron chi connectivity index (χ4n) is 2.43. The number of carbonyl (C=O) groups excluding carboxylic acids is 1. The summed E-state index contributed by atoms with van der Waals surface area (Å²) in [7, 11) is 0. The summed E-state index contributed by atoms with van der Waals surface area (Å²) in [6.45, 7) is 0. The smallest absolute Gasteiger partial charge is 0.254 e. The average molecular weight is 333 g/mol. The minimum Gasteiger partial charge on any atom is -0.365 e. The summed E-state index contributed by atoms with van der Waals surface area (Å²) in [6.07, 6.45) is 2.36. The molecule has 1 aromatic carbocycles. The first-order valence-corrected chi connectivity index (χ1v) is 8.26. The van der Waals surface area contributed by atoms with E-state index in [0.717, 1.165) is 12.2 Å². The molecule has 1 aliphatic rings.